The Morgan fingerprint density at radius 1 is 1.07 bits per heavy atom. The number of hydrazine groups is 1. The molecule has 214 valence electrons. The van der Waals surface area contributed by atoms with Crippen molar-refractivity contribution in [2.24, 2.45) is 17.2 Å². The minimum atomic E-state index is -4.86. The molecule has 4 rings (SSSR count). The van der Waals surface area contributed by atoms with Crippen molar-refractivity contribution >= 4 is 17.8 Å². The summed E-state index contributed by atoms with van der Waals surface area (Å²) in [6.45, 7) is 6.21. The topological polar surface area (TPSA) is 128 Å². The first-order valence-corrected chi connectivity index (χ1v) is 12.9. The SMILES string of the molecule is CC(C)(C)C1CCC(c2cc(OC(F)(F)F)ccc2C(=O)N(N)Cn2nnc(NC(=O)c3ccccc3)n2)CC1. The molecule has 0 saturated heterocycles. The minimum absolute atomic E-state index is 0.0837. The highest BCUT2D eigenvalue weighted by Crippen LogP contribution is 2.44. The van der Waals surface area contributed by atoms with Crippen molar-refractivity contribution < 1.29 is 27.5 Å². The Hall–Kier alpha value is -4.00. The molecule has 2 aromatic carbocycles. The quantitative estimate of drug-likeness (QED) is 0.234. The van der Waals surface area contributed by atoms with Crippen LogP contribution in [0.1, 0.15) is 78.7 Å². The zero-order chi connectivity index (χ0) is 29.1. The number of carbonyl (C=O) groups excluding carboxylic acids is 2. The standard InChI is InChI=1S/C27H32F3N7O3/c1-26(2,3)19-11-9-17(10-12-19)22-15-20(40-27(28,29)30)13-14-21(22)24(39)36(31)16-37-34-25(33-35-37)32-23(38)18-7-5-4-6-8-18/h4-8,13-15,17,19H,9-12,16,31H2,1-3H3,(H,32,34,38). The summed E-state index contributed by atoms with van der Waals surface area (Å²) in [4.78, 5) is 26.7. The molecule has 0 atom stereocenters. The van der Waals surface area contributed by atoms with Crippen LogP contribution in [0.4, 0.5) is 19.1 Å². The first kappa shape index (κ1) is 29.0. The Kier molecular flexibility index (Phi) is 8.43. The number of nitrogens with one attached hydrogen (secondary N) is 1. The molecule has 2 amide bonds. The fourth-order valence-corrected chi connectivity index (χ4v) is 5.01. The Labute approximate surface area is 229 Å². The number of halogens is 3. The number of alkyl halides is 3. The summed E-state index contributed by atoms with van der Waals surface area (Å²) in [5.74, 6) is 4.86. The molecule has 0 aliphatic heterocycles. The van der Waals surface area contributed by atoms with Crippen LogP contribution in [-0.2, 0) is 6.67 Å². The largest absolute Gasteiger partial charge is 0.573 e. The van der Waals surface area contributed by atoms with Gasteiger partial charge in [0.1, 0.15) is 5.75 Å². The summed E-state index contributed by atoms with van der Waals surface area (Å²) >= 11 is 0. The molecule has 1 heterocycles. The van der Waals surface area contributed by atoms with E-state index >= 15 is 0 Å². The predicted octanol–water partition coefficient (Wildman–Crippen LogP) is 5.12. The summed E-state index contributed by atoms with van der Waals surface area (Å²) in [5, 5.41) is 15.0. The van der Waals surface area contributed by atoms with E-state index in [-0.39, 0.29) is 29.5 Å². The lowest BCUT2D eigenvalue weighted by molar-refractivity contribution is -0.274. The Morgan fingerprint density at radius 2 is 1.75 bits per heavy atom. The van der Waals surface area contributed by atoms with E-state index in [2.05, 4.69) is 46.2 Å². The zero-order valence-electron chi connectivity index (χ0n) is 22.5. The van der Waals surface area contributed by atoms with Gasteiger partial charge in [-0.2, -0.15) is 0 Å². The molecule has 3 N–H and O–H groups in total. The number of benzene rings is 2. The number of nitrogens with two attached hydrogens (primary N) is 1. The van der Waals surface area contributed by atoms with Gasteiger partial charge in [-0.05, 0) is 84.0 Å². The van der Waals surface area contributed by atoms with Crippen LogP contribution in [-0.4, -0.2) is 43.4 Å². The van der Waals surface area contributed by atoms with E-state index in [0.717, 1.165) is 41.6 Å². The van der Waals surface area contributed by atoms with E-state index in [1.165, 1.54) is 12.1 Å². The fourth-order valence-electron chi connectivity index (χ4n) is 5.01. The number of amides is 2. The van der Waals surface area contributed by atoms with Crippen LogP contribution in [0.5, 0.6) is 5.75 Å². The molecule has 0 bridgehead atoms. The molecule has 1 aromatic heterocycles. The van der Waals surface area contributed by atoms with Crippen molar-refractivity contribution in [1.82, 2.24) is 25.2 Å². The maximum absolute atomic E-state index is 13.4. The lowest BCUT2D eigenvalue weighted by atomic mass is 9.68. The van der Waals surface area contributed by atoms with E-state index < -0.39 is 23.9 Å². The number of hydrogen-bond acceptors (Lipinski definition) is 7. The molecule has 40 heavy (non-hydrogen) atoms. The first-order chi connectivity index (χ1) is 18.8. The molecule has 3 aromatic rings. The molecular formula is C27H32F3N7O3. The third-order valence-corrected chi connectivity index (χ3v) is 7.13. The number of aromatic nitrogens is 4. The van der Waals surface area contributed by atoms with Gasteiger partial charge in [-0.15, -0.1) is 23.1 Å². The molecule has 0 unspecified atom stereocenters. The van der Waals surface area contributed by atoms with Crippen LogP contribution in [0.25, 0.3) is 0 Å². The minimum Gasteiger partial charge on any atom is -0.406 e. The van der Waals surface area contributed by atoms with E-state index in [0.29, 0.717) is 17.0 Å². The van der Waals surface area contributed by atoms with Crippen LogP contribution in [0.3, 0.4) is 0 Å². The van der Waals surface area contributed by atoms with E-state index in [1.807, 2.05) is 0 Å². The van der Waals surface area contributed by atoms with E-state index in [1.54, 1.807) is 30.3 Å². The van der Waals surface area contributed by atoms with Crippen LogP contribution in [0.15, 0.2) is 48.5 Å². The number of tetrazole rings is 1. The lowest BCUT2D eigenvalue weighted by Gasteiger charge is -2.37. The normalized spacial score (nSPS) is 17.8. The molecule has 1 fully saturated rings. The number of carbonyl (C=O) groups is 2. The highest BCUT2D eigenvalue weighted by atomic mass is 19.4. The summed E-state index contributed by atoms with van der Waals surface area (Å²) < 4.78 is 43.0. The molecule has 13 heteroatoms. The van der Waals surface area contributed by atoms with E-state index in [9.17, 15) is 22.8 Å². The lowest BCUT2D eigenvalue weighted by Crippen LogP contribution is -2.40. The number of anilines is 1. The van der Waals surface area contributed by atoms with E-state index in [4.69, 9.17) is 5.84 Å². The van der Waals surface area contributed by atoms with Crippen molar-refractivity contribution in [2.45, 2.75) is 65.4 Å². The van der Waals surface area contributed by atoms with Crippen molar-refractivity contribution in [2.75, 3.05) is 5.32 Å². The van der Waals surface area contributed by atoms with Crippen LogP contribution < -0.4 is 15.9 Å². The second kappa shape index (κ2) is 11.6. The third kappa shape index (κ3) is 7.34. The number of nitrogens with zero attached hydrogens (tertiary/aromatic N) is 5. The van der Waals surface area contributed by atoms with Gasteiger partial charge in [0, 0.05) is 11.1 Å². The second-order valence-electron chi connectivity index (χ2n) is 10.9. The Bertz CT molecular complexity index is 1330. The number of hydrogen-bond donors (Lipinski definition) is 2. The smallest absolute Gasteiger partial charge is 0.406 e. The highest BCUT2D eigenvalue weighted by molar-refractivity contribution is 6.03. The first-order valence-electron chi connectivity index (χ1n) is 12.9. The van der Waals surface area contributed by atoms with Crippen molar-refractivity contribution in [1.29, 1.82) is 0 Å². The molecule has 1 saturated carbocycles. The Morgan fingerprint density at radius 3 is 2.38 bits per heavy atom. The number of rotatable bonds is 7. The fraction of sp³-hybridized carbons (Fsp3) is 0.444. The third-order valence-electron chi connectivity index (χ3n) is 7.13. The molecule has 0 radical (unpaired) electrons. The summed E-state index contributed by atoms with van der Waals surface area (Å²) in [7, 11) is 0. The van der Waals surface area contributed by atoms with Crippen LogP contribution in [0.2, 0.25) is 0 Å². The molecule has 1 aliphatic carbocycles. The van der Waals surface area contributed by atoms with Gasteiger partial charge >= 0.3 is 6.36 Å². The Balaban J connectivity index is 1.49. The van der Waals surface area contributed by atoms with Crippen molar-refractivity contribution in [3.05, 3.63) is 65.2 Å². The van der Waals surface area contributed by atoms with Gasteiger partial charge in [0.15, 0.2) is 6.67 Å². The zero-order valence-corrected chi connectivity index (χ0v) is 22.5. The van der Waals surface area contributed by atoms with Crippen molar-refractivity contribution in [3.63, 3.8) is 0 Å². The summed E-state index contributed by atoms with van der Waals surface area (Å²) in [6.07, 6.45) is -1.65. The van der Waals surface area contributed by atoms with Gasteiger partial charge < -0.3 is 4.74 Å². The van der Waals surface area contributed by atoms with Crippen LogP contribution >= 0.6 is 0 Å². The van der Waals surface area contributed by atoms with Gasteiger partial charge in [-0.25, -0.2) is 5.84 Å². The van der Waals surface area contributed by atoms with Crippen LogP contribution in [0, 0.1) is 11.3 Å². The van der Waals surface area contributed by atoms with Gasteiger partial charge in [-0.3, -0.25) is 19.9 Å². The molecule has 0 spiro atoms. The average molecular weight is 560 g/mol. The summed E-state index contributed by atoms with van der Waals surface area (Å²) in [5.41, 5.74) is 1.14. The molecule has 1 aliphatic rings. The molecular weight excluding hydrogens is 527 g/mol. The highest BCUT2D eigenvalue weighted by Gasteiger charge is 2.34. The van der Waals surface area contributed by atoms with Gasteiger partial charge in [0.05, 0.1) is 0 Å². The van der Waals surface area contributed by atoms with Gasteiger partial charge in [-0.1, -0.05) is 44.1 Å². The number of ether oxygens (including phenoxy) is 1. The maximum Gasteiger partial charge on any atom is 0.573 e. The molecule has 10 nitrogen and oxygen atoms in total. The maximum atomic E-state index is 13.4. The monoisotopic (exact) mass is 559 g/mol. The predicted molar refractivity (Wildman–Crippen MR) is 140 cm³/mol. The van der Waals surface area contributed by atoms with Gasteiger partial charge in [0.25, 0.3) is 17.8 Å². The average Bonchev–Trinajstić information content (AvgIpc) is 3.33. The second-order valence-corrected chi connectivity index (χ2v) is 10.9. The van der Waals surface area contributed by atoms with Gasteiger partial charge in [0.2, 0.25) is 0 Å². The summed E-state index contributed by atoms with van der Waals surface area (Å²) in [6, 6.07) is 12.1. The van der Waals surface area contributed by atoms with Crippen molar-refractivity contribution in [3.8, 4) is 5.75 Å².